The SMILES string of the molecule is CC1C(=O)NCCCN1C(=O)c1cc2ccccc2c(=O)n1C. The Balaban J connectivity index is 2.08. The molecule has 2 aromatic rings. The first-order valence-electron chi connectivity index (χ1n) is 7.68. The van der Waals surface area contributed by atoms with E-state index in [0.29, 0.717) is 30.6 Å². The van der Waals surface area contributed by atoms with E-state index in [2.05, 4.69) is 5.32 Å². The van der Waals surface area contributed by atoms with Gasteiger partial charge in [-0.25, -0.2) is 0 Å². The van der Waals surface area contributed by atoms with Gasteiger partial charge in [0, 0.05) is 25.5 Å². The summed E-state index contributed by atoms with van der Waals surface area (Å²) >= 11 is 0. The van der Waals surface area contributed by atoms with Gasteiger partial charge in [0.05, 0.1) is 0 Å². The van der Waals surface area contributed by atoms with E-state index in [9.17, 15) is 14.4 Å². The van der Waals surface area contributed by atoms with E-state index < -0.39 is 6.04 Å². The van der Waals surface area contributed by atoms with Crippen LogP contribution in [0.3, 0.4) is 0 Å². The fraction of sp³-hybridized carbons (Fsp3) is 0.353. The highest BCUT2D eigenvalue weighted by Crippen LogP contribution is 2.15. The van der Waals surface area contributed by atoms with Crippen molar-refractivity contribution in [2.75, 3.05) is 13.1 Å². The number of carbonyl (C=O) groups excluding carboxylic acids is 2. The largest absolute Gasteiger partial charge is 0.354 e. The molecule has 2 heterocycles. The fourth-order valence-corrected chi connectivity index (χ4v) is 2.93. The number of rotatable bonds is 1. The normalized spacial score (nSPS) is 18.6. The Labute approximate surface area is 133 Å². The first-order valence-corrected chi connectivity index (χ1v) is 7.68. The van der Waals surface area contributed by atoms with Crippen molar-refractivity contribution in [1.29, 1.82) is 0 Å². The van der Waals surface area contributed by atoms with Crippen molar-refractivity contribution in [2.45, 2.75) is 19.4 Å². The molecule has 1 fully saturated rings. The second kappa shape index (κ2) is 5.87. The van der Waals surface area contributed by atoms with Crippen LogP contribution in [0.5, 0.6) is 0 Å². The van der Waals surface area contributed by atoms with Crippen LogP contribution >= 0.6 is 0 Å². The molecule has 1 aliphatic rings. The number of hydrogen-bond acceptors (Lipinski definition) is 3. The molecule has 1 unspecified atom stereocenters. The molecule has 1 N–H and O–H groups in total. The Morgan fingerprint density at radius 3 is 2.78 bits per heavy atom. The van der Waals surface area contributed by atoms with Crippen molar-refractivity contribution < 1.29 is 9.59 Å². The summed E-state index contributed by atoms with van der Waals surface area (Å²) in [5.74, 6) is -0.457. The summed E-state index contributed by atoms with van der Waals surface area (Å²) < 4.78 is 1.36. The van der Waals surface area contributed by atoms with Crippen molar-refractivity contribution in [3.8, 4) is 0 Å². The predicted molar refractivity (Wildman–Crippen MR) is 87.3 cm³/mol. The lowest BCUT2D eigenvalue weighted by Gasteiger charge is -2.26. The molecule has 6 heteroatoms. The molecule has 0 aliphatic carbocycles. The number of hydrogen-bond donors (Lipinski definition) is 1. The number of nitrogens with one attached hydrogen (secondary N) is 1. The minimum Gasteiger partial charge on any atom is -0.354 e. The van der Waals surface area contributed by atoms with Gasteiger partial charge < -0.3 is 14.8 Å². The van der Waals surface area contributed by atoms with Crippen LogP contribution in [0.1, 0.15) is 23.8 Å². The van der Waals surface area contributed by atoms with Gasteiger partial charge in [-0.05, 0) is 30.9 Å². The van der Waals surface area contributed by atoms with E-state index in [0.717, 1.165) is 5.39 Å². The Kier molecular flexibility index (Phi) is 3.90. The van der Waals surface area contributed by atoms with E-state index in [1.165, 1.54) is 9.47 Å². The molecule has 1 aliphatic heterocycles. The zero-order valence-electron chi connectivity index (χ0n) is 13.2. The van der Waals surface area contributed by atoms with E-state index >= 15 is 0 Å². The maximum Gasteiger partial charge on any atom is 0.271 e. The first kappa shape index (κ1) is 15.3. The molecule has 0 bridgehead atoms. The molecule has 0 spiro atoms. The van der Waals surface area contributed by atoms with Gasteiger partial charge >= 0.3 is 0 Å². The second-order valence-corrected chi connectivity index (χ2v) is 5.80. The Morgan fingerprint density at radius 2 is 2.00 bits per heavy atom. The van der Waals surface area contributed by atoms with Gasteiger partial charge in [0.15, 0.2) is 0 Å². The summed E-state index contributed by atoms with van der Waals surface area (Å²) in [6.07, 6.45) is 0.698. The van der Waals surface area contributed by atoms with Gasteiger partial charge in [-0.2, -0.15) is 0 Å². The van der Waals surface area contributed by atoms with Crippen molar-refractivity contribution in [2.24, 2.45) is 7.05 Å². The maximum absolute atomic E-state index is 12.9. The molecular formula is C17H19N3O3. The van der Waals surface area contributed by atoms with Crippen LogP contribution in [0, 0.1) is 0 Å². The van der Waals surface area contributed by atoms with E-state index in [4.69, 9.17) is 0 Å². The Bertz CT molecular complexity index is 841. The van der Waals surface area contributed by atoms with Gasteiger partial charge in [0.2, 0.25) is 5.91 Å². The molecule has 2 amide bonds. The smallest absolute Gasteiger partial charge is 0.271 e. The standard InChI is InChI=1S/C17H19N3O3/c1-11-15(21)18-8-5-9-20(11)17(23)14-10-12-6-3-4-7-13(12)16(22)19(14)2/h3-4,6-7,10-11H,5,8-9H2,1-2H3,(H,18,21). The van der Waals surface area contributed by atoms with Gasteiger partial charge in [-0.15, -0.1) is 0 Å². The summed E-state index contributed by atoms with van der Waals surface area (Å²) in [5, 5.41) is 4.09. The number of nitrogens with zero attached hydrogens (tertiary/aromatic N) is 2. The number of carbonyl (C=O) groups is 2. The zero-order valence-corrected chi connectivity index (χ0v) is 13.2. The van der Waals surface area contributed by atoms with Crippen molar-refractivity contribution in [3.63, 3.8) is 0 Å². The lowest BCUT2D eigenvalue weighted by molar-refractivity contribution is -0.124. The maximum atomic E-state index is 12.9. The average molecular weight is 313 g/mol. The van der Waals surface area contributed by atoms with Gasteiger partial charge in [-0.3, -0.25) is 14.4 Å². The van der Waals surface area contributed by atoms with Crippen LogP contribution in [-0.2, 0) is 11.8 Å². The molecule has 23 heavy (non-hydrogen) atoms. The number of amides is 2. The summed E-state index contributed by atoms with van der Waals surface area (Å²) in [4.78, 5) is 38.9. The highest BCUT2D eigenvalue weighted by Gasteiger charge is 2.29. The van der Waals surface area contributed by atoms with Crippen molar-refractivity contribution in [3.05, 3.63) is 46.4 Å². The highest BCUT2D eigenvalue weighted by atomic mass is 16.2. The molecule has 3 rings (SSSR count). The minimum absolute atomic E-state index is 0.165. The van der Waals surface area contributed by atoms with E-state index in [1.54, 1.807) is 32.2 Å². The molecule has 1 aromatic heterocycles. The number of benzene rings is 1. The van der Waals surface area contributed by atoms with Gasteiger partial charge in [0.25, 0.3) is 11.5 Å². The quantitative estimate of drug-likeness (QED) is 0.850. The lowest BCUT2D eigenvalue weighted by atomic mass is 10.1. The summed E-state index contributed by atoms with van der Waals surface area (Å²) in [6.45, 7) is 2.75. The molecule has 0 radical (unpaired) electrons. The highest BCUT2D eigenvalue weighted by molar-refractivity contribution is 5.99. The van der Waals surface area contributed by atoms with Crippen LogP contribution < -0.4 is 10.9 Å². The van der Waals surface area contributed by atoms with E-state index in [-0.39, 0.29) is 17.4 Å². The molecule has 0 saturated carbocycles. The summed E-state index contributed by atoms with van der Waals surface area (Å²) in [5.41, 5.74) is 0.0913. The third kappa shape index (κ3) is 2.60. The molecular weight excluding hydrogens is 294 g/mol. The number of aromatic nitrogens is 1. The zero-order chi connectivity index (χ0) is 16.6. The van der Waals surface area contributed by atoms with Crippen LogP contribution in [0.2, 0.25) is 0 Å². The monoisotopic (exact) mass is 313 g/mol. The molecule has 6 nitrogen and oxygen atoms in total. The van der Waals surface area contributed by atoms with Crippen LogP contribution in [0.4, 0.5) is 0 Å². The van der Waals surface area contributed by atoms with Crippen molar-refractivity contribution in [1.82, 2.24) is 14.8 Å². The third-order valence-corrected chi connectivity index (χ3v) is 4.35. The minimum atomic E-state index is -0.549. The first-order chi connectivity index (χ1) is 11.0. The predicted octanol–water partition coefficient (Wildman–Crippen LogP) is 0.889. The Hall–Kier alpha value is -2.63. The third-order valence-electron chi connectivity index (χ3n) is 4.35. The van der Waals surface area contributed by atoms with Crippen molar-refractivity contribution >= 4 is 22.6 Å². The van der Waals surface area contributed by atoms with Gasteiger partial charge in [0.1, 0.15) is 11.7 Å². The lowest BCUT2D eigenvalue weighted by Crippen LogP contribution is -2.46. The molecule has 120 valence electrons. The van der Waals surface area contributed by atoms with Crippen LogP contribution in [0.25, 0.3) is 10.8 Å². The molecule has 1 atom stereocenters. The van der Waals surface area contributed by atoms with Crippen LogP contribution in [0.15, 0.2) is 35.1 Å². The second-order valence-electron chi connectivity index (χ2n) is 5.80. The molecule has 1 saturated heterocycles. The molecule has 1 aromatic carbocycles. The summed E-state index contributed by atoms with van der Waals surface area (Å²) in [7, 11) is 1.59. The topological polar surface area (TPSA) is 71.4 Å². The van der Waals surface area contributed by atoms with Crippen LogP contribution in [-0.4, -0.2) is 40.4 Å². The average Bonchev–Trinajstić information content (AvgIpc) is 2.72. The summed E-state index contributed by atoms with van der Waals surface area (Å²) in [6, 6.07) is 8.35. The van der Waals surface area contributed by atoms with E-state index in [1.807, 2.05) is 12.1 Å². The number of fused-ring (bicyclic) bond motifs is 1. The Morgan fingerprint density at radius 1 is 1.26 bits per heavy atom. The fourth-order valence-electron chi connectivity index (χ4n) is 2.93. The number of pyridine rings is 1. The van der Waals surface area contributed by atoms with Gasteiger partial charge in [-0.1, -0.05) is 18.2 Å².